The fraction of sp³-hybridized carbons (Fsp3) is 0.667. The predicted octanol–water partition coefficient (Wildman–Crippen LogP) is 6.55. The summed E-state index contributed by atoms with van der Waals surface area (Å²) in [6.07, 6.45) is 9.70. The molecule has 35 heavy (non-hydrogen) atoms. The molecule has 0 bridgehead atoms. The Morgan fingerprint density at radius 2 is 1.80 bits per heavy atom. The zero-order chi connectivity index (χ0) is 26.3. The third kappa shape index (κ3) is 4.57. The molecule has 0 aromatic carbocycles. The van der Waals surface area contributed by atoms with Gasteiger partial charge in [-0.1, -0.05) is 56.7 Å². The first-order chi connectivity index (χ1) is 16.2. The molecule has 5 heteroatoms. The molecular weight excluding hydrogens is 440 g/mol. The van der Waals surface area contributed by atoms with Crippen molar-refractivity contribution in [2.24, 2.45) is 34.0 Å². The predicted molar refractivity (Wildman–Crippen MR) is 139 cm³/mol. The Hall–Kier alpha value is -2.14. The average Bonchev–Trinajstić information content (AvgIpc) is 2.95. The van der Waals surface area contributed by atoms with Crippen molar-refractivity contribution in [3.8, 4) is 0 Å². The lowest BCUT2D eigenvalue weighted by Crippen LogP contribution is -2.48. The Balaban J connectivity index is 2.07. The highest BCUT2D eigenvalue weighted by molar-refractivity contribution is 5.71. The number of rotatable bonds is 9. The van der Waals surface area contributed by atoms with Crippen molar-refractivity contribution in [2.75, 3.05) is 0 Å². The summed E-state index contributed by atoms with van der Waals surface area (Å²) in [6, 6.07) is 0. The molecule has 3 aliphatic rings. The summed E-state index contributed by atoms with van der Waals surface area (Å²) < 4.78 is 0. The first kappa shape index (κ1) is 27.4. The Labute approximate surface area is 210 Å². The lowest BCUT2D eigenvalue weighted by atomic mass is 9.48. The van der Waals surface area contributed by atoms with E-state index in [9.17, 15) is 24.9 Å². The van der Waals surface area contributed by atoms with E-state index < -0.39 is 29.4 Å². The number of aliphatic carboxylic acids is 2. The minimum Gasteiger partial charge on any atom is -0.481 e. The fourth-order valence-corrected chi connectivity index (χ4v) is 7.77. The second-order valence-corrected chi connectivity index (χ2v) is 12.2. The third-order valence-corrected chi connectivity index (χ3v) is 9.82. The molecule has 5 nitrogen and oxygen atoms in total. The van der Waals surface area contributed by atoms with Crippen LogP contribution in [0.5, 0.6) is 0 Å². The number of carboxylic acid groups (broad SMARTS) is 2. The van der Waals surface area contributed by atoms with Crippen LogP contribution < -0.4 is 0 Å². The number of fused-ring (bicyclic) bond motifs is 3. The first-order valence-electron chi connectivity index (χ1n) is 13.0. The molecular formula is C30H44O5. The number of carboxylic acids is 2. The smallest absolute Gasteiger partial charge is 0.306 e. The third-order valence-electron chi connectivity index (χ3n) is 9.82. The summed E-state index contributed by atoms with van der Waals surface area (Å²) >= 11 is 0. The van der Waals surface area contributed by atoms with Gasteiger partial charge < -0.3 is 15.3 Å². The van der Waals surface area contributed by atoms with Crippen molar-refractivity contribution in [1.82, 2.24) is 0 Å². The molecule has 0 aliphatic heterocycles. The molecule has 3 rings (SSSR count). The normalized spacial score (nSPS) is 36.8. The van der Waals surface area contributed by atoms with Crippen LogP contribution in [0.25, 0.3) is 0 Å². The van der Waals surface area contributed by atoms with Gasteiger partial charge in [0.25, 0.3) is 0 Å². The summed E-state index contributed by atoms with van der Waals surface area (Å²) in [5, 5.41) is 31.1. The van der Waals surface area contributed by atoms with E-state index in [0.29, 0.717) is 32.1 Å². The van der Waals surface area contributed by atoms with Gasteiger partial charge in [-0.05, 0) is 87.2 Å². The Kier molecular flexibility index (Phi) is 7.63. The van der Waals surface area contributed by atoms with Gasteiger partial charge in [0.1, 0.15) is 0 Å². The minimum absolute atomic E-state index is 0.0928. The Morgan fingerprint density at radius 3 is 2.34 bits per heavy atom. The van der Waals surface area contributed by atoms with Crippen LogP contribution in [0.1, 0.15) is 86.5 Å². The van der Waals surface area contributed by atoms with Crippen LogP contribution in [0.4, 0.5) is 0 Å². The Bertz CT molecular complexity index is 983. The van der Waals surface area contributed by atoms with Crippen molar-refractivity contribution in [3.63, 3.8) is 0 Å². The topological polar surface area (TPSA) is 94.8 Å². The van der Waals surface area contributed by atoms with Gasteiger partial charge in [0.15, 0.2) is 0 Å². The van der Waals surface area contributed by atoms with E-state index in [1.165, 1.54) is 16.7 Å². The molecule has 3 aliphatic carbocycles. The van der Waals surface area contributed by atoms with E-state index in [0.717, 1.165) is 12.0 Å². The first-order valence-corrected chi connectivity index (χ1v) is 13.0. The molecule has 0 amide bonds. The maximum absolute atomic E-state index is 12.5. The number of hydrogen-bond donors (Lipinski definition) is 3. The minimum atomic E-state index is -0.831. The zero-order valence-corrected chi connectivity index (χ0v) is 22.4. The second kappa shape index (κ2) is 9.72. The van der Waals surface area contributed by atoms with Gasteiger partial charge in [-0.15, -0.1) is 0 Å². The molecule has 0 heterocycles. The number of aliphatic hydroxyl groups is 1. The molecule has 0 saturated heterocycles. The van der Waals surface area contributed by atoms with E-state index in [2.05, 4.69) is 45.6 Å². The molecule has 3 N–H and O–H groups in total. The van der Waals surface area contributed by atoms with Crippen molar-refractivity contribution in [3.05, 3.63) is 47.1 Å². The summed E-state index contributed by atoms with van der Waals surface area (Å²) in [5.41, 5.74) is 3.46. The molecule has 0 spiro atoms. The van der Waals surface area contributed by atoms with Crippen LogP contribution in [0.3, 0.4) is 0 Å². The Morgan fingerprint density at radius 1 is 1.14 bits per heavy atom. The van der Waals surface area contributed by atoms with E-state index in [1.54, 1.807) is 0 Å². The maximum Gasteiger partial charge on any atom is 0.306 e. The lowest BCUT2D eigenvalue weighted by molar-refractivity contribution is -0.148. The van der Waals surface area contributed by atoms with E-state index in [1.807, 2.05) is 20.8 Å². The van der Waals surface area contributed by atoms with Crippen LogP contribution in [-0.2, 0) is 9.59 Å². The van der Waals surface area contributed by atoms with Crippen LogP contribution in [-0.4, -0.2) is 33.4 Å². The summed E-state index contributed by atoms with van der Waals surface area (Å²) in [6.45, 7) is 16.8. The highest BCUT2D eigenvalue weighted by Crippen LogP contribution is 2.70. The molecule has 194 valence electrons. The van der Waals surface area contributed by atoms with Crippen LogP contribution in [0.2, 0.25) is 0 Å². The summed E-state index contributed by atoms with van der Waals surface area (Å²) in [4.78, 5) is 24.0. The van der Waals surface area contributed by atoms with Crippen molar-refractivity contribution in [2.45, 2.75) is 92.6 Å². The largest absolute Gasteiger partial charge is 0.481 e. The van der Waals surface area contributed by atoms with Gasteiger partial charge in [0.05, 0.1) is 12.0 Å². The SMILES string of the molecule is C=C(C)[C@@H]1CC=C2C(=CC[C@]3(C)[C@@H]([C@@H](CCC=C(C)C)C(=O)O)[C@H](O)C[C@@]23C)[C@@]1(C)CCC(=O)O. The molecule has 0 aromatic heterocycles. The number of carbonyl (C=O) groups is 2. The average molecular weight is 485 g/mol. The molecule has 1 saturated carbocycles. The van der Waals surface area contributed by atoms with Crippen molar-refractivity contribution < 1.29 is 24.9 Å². The van der Waals surface area contributed by atoms with Gasteiger partial charge in [-0.2, -0.15) is 0 Å². The second-order valence-electron chi connectivity index (χ2n) is 12.2. The molecule has 0 unspecified atom stereocenters. The maximum atomic E-state index is 12.5. The van der Waals surface area contributed by atoms with Crippen molar-refractivity contribution in [1.29, 1.82) is 0 Å². The van der Waals surface area contributed by atoms with Gasteiger partial charge in [-0.3, -0.25) is 9.59 Å². The highest BCUT2D eigenvalue weighted by atomic mass is 16.4. The zero-order valence-electron chi connectivity index (χ0n) is 22.4. The molecule has 7 atom stereocenters. The van der Waals surface area contributed by atoms with Crippen LogP contribution in [0, 0.1) is 34.0 Å². The summed E-state index contributed by atoms with van der Waals surface area (Å²) in [5.74, 6) is -2.44. The van der Waals surface area contributed by atoms with Crippen molar-refractivity contribution >= 4 is 11.9 Å². The van der Waals surface area contributed by atoms with Gasteiger partial charge in [0, 0.05) is 17.8 Å². The van der Waals surface area contributed by atoms with Crippen LogP contribution in [0.15, 0.2) is 47.1 Å². The quantitative estimate of drug-likeness (QED) is 0.323. The van der Waals surface area contributed by atoms with Gasteiger partial charge >= 0.3 is 11.9 Å². The number of allylic oxidation sites excluding steroid dienone is 7. The number of hydrogen-bond acceptors (Lipinski definition) is 3. The fourth-order valence-electron chi connectivity index (χ4n) is 7.77. The van der Waals surface area contributed by atoms with Gasteiger partial charge in [0.2, 0.25) is 0 Å². The lowest BCUT2D eigenvalue weighted by Gasteiger charge is -2.56. The van der Waals surface area contributed by atoms with E-state index in [4.69, 9.17) is 0 Å². The molecule has 1 fully saturated rings. The standard InChI is InChI=1S/C30H44O5/c1-18(2)9-8-10-20(27(34)35)26-24(31)17-30(7)23-12-11-21(19(3)4)28(5,15-14-25(32)33)22(23)13-16-29(26,30)6/h9,12-13,20-21,24,26,31H,3,8,10-11,14-17H2,1-2,4-7H3,(H,32,33)(H,34,35)/t20-,21+,24-,26+,28+,29-,30+/m1/s1. The van der Waals surface area contributed by atoms with E-state index in [-0.39, 0.29) is 29.1 Å². The van der Waals surface area contributed by atoms with E-state index >= 15 is 0 Å². The molecule has 0 aromatic rings. The van der Waals surface area contributed by atoms with Crippen LogP contribution >= 0.6 is 0 Å². The summed E-state index contributed by atoms with van der Waals surface area (Å²) in [7, 11) is 0. The molecule has 0 radical (unpaired) electrons. The number of aliphatic hydroxyl groups excluding tert-OH is 1. The monoisotopic (exact) mass is 484 g/mol. The highest BCUT2D eigenvalue weighted by Gasteiger charge is 2.65. The van der Waals surface area contributed by atoms with Gasteiger partial charge in [-0.25, -0.2) is 0 Å².